The van der Waals surface area contributed by atoms with Crippen molar-refractivity contribution in [1.82, 2.24) is 19.8 Å². The molecule has 1 saturated heterocycles. The first kappa shape index (κ1) is 38.5. The molecule has 1 aromatic heterocycles. The molecule has 292 valence electrons. The number of nitrogens with one attached hydrogen (secondary N) is 2. The topological polar surface area (TPSA) is 135 Å². The number of aromatic nitrogens is 2. The number of anilines is 2. The van der Waals surface area contributed by atoms with Crippen LogP contribution in [0.5, 0.6) is 11.5 Å². The highest BCUT2D eigenvalue weighted by atomic mass is 19.4. The molecule has 3 aliphatic heterocycles. The normalized spacial score (nSPS) is 18.8. The van der Waals surface area contributed by atoms with Crippen LogP contribution in [-0.2, 0) is 27.7 Å². The van der Waals surface area contributed by atoms with Crippen LogP contribution in [-0.4, -0.2) is 71.9 Å². The molecule has 3 aromatic carbocycles. The number of carbonyl (C=O) groups excluding carboxylic acids is 3. The van der Waals surface area contributed by atoms with Crippen LogP contribution in [0.4, 0.5) is 24.5 Å². The average Bonchev–Trinajstić information content (AvgIpc) is 3.75. The van der Waals surface area contributed by atoms with Crippen molar-refractivity contribution in [3.63, 3.8) is 0 Å². The van der Waals surface area contributed by atoms with E-state index in [0.29, 0.717) is 56.2 Å². The number of para-hydroxylation sites is 2. The number of halogens is 3. The molecule has 4 heterocycles. The van der Waals surface area contributed by atoms with Crippen LogP contribution in [0.1, 0.15) is 73.4 Å². The van der Waals surface area contributed by atoms with E-state index >= 15 is 0 Å². The minimum Gasteiger partial charge on any atom is -0.518 e. The van der Waals surface area contributed by atoms with Gasteiger partial charge in [-0.2, -0.15) is 13.2 Å². The molecular formula is C40H42BF3N6O6. The summed E-state index contributed by atoms with van der Waals surface area (Å²) >= 11 is 0. The lowest BCUT2D eigenvalue weighted by Crippen LogP contribution is -2.50. The summed E-state index contributed by atoms with van der Waals surface area (Å²) in [6, 6.07) is 18.0. The van der Waals surface area contributed by atoms with E-state index in [9.17, 15) is 32.3 Å². The molecule has 56 heavy (non-hydrogen) atoms. The Morgan fingerprint density at radius 3 is 2.27 bits per heavy atom. The third-order valence-corrected chi connectivity index (χ3v) is 10.6. The zero-order valence-corrected chi connectivity index (χ0v) is 31.3. The second kappa shape index (κ2) is 15.4. The van der Waals surface area contributed by atoms with Crippen LogP contribution >= 0.6 is 0 Å². The molecule has 2 atom stereocenters. The molecule has 1 fully saturated rings. The van der Waals surface area contributed by atoms with Gasteiger partial charge in [-0.1, -0.05) is 38.1 Å². The SMILES string of the molecule is CCCNC(=O)C1CC(C)(CC(=O)N2CCN(c3ccc(C(C)=O)cc3)CC2)c2nc(B3Oc4ccccc4O3)c(NCc3cccc(C(F)(F)F)c3)c(=O)n21. The highest BCUT2D eigenvalue weighted by molar-refractivity contribution is 6.64. The van der Waals surface area contributed by atoms with E-state index in [4.69, 9.17) is 14.3 Å². The highest BCUT2D eigenvalue weighted by Gasteiger charge is 2.50. The number of hydrogen-bond acceptors (Lipinski definition) is 9. The summed E-state index contributed by atoms with van der Waals surface area (Å²) < 4.78 is 54.2. The predicted molar refractivity (Wildman–Crippen MR) is 205 cm³/mol. The maximum absolute atomic E-state index is 14.7. The number of nitrogens with zero attached hydrogens (tertiary/aromatic N) is 4. The van der Waals surface area contributed by atoms with Crippen molar-refractivity contribution in [3.05, 3.63) is 106 Å². The van der Waals surface area contributed by atoms with E-state index in [-0.39, 0.29) is 53.7 Å². The van der Waals surface area contributed by atoms with Gasteiger partial charge in [-0.15, -0.1) is 0 Å². The molecule has 7 rings (SSSR count). The van der Waals surface area contributed by atoms with E-state index in [0.717, 1.165) is 17.8 Å². The lowest BCUT2D eigenvalue weighted by atomic mass is 9.80. The van der Waals surface area contributed by atoms with Gasteiger partial charge in [0.25, 0.3) is 5.56 Å². The van der Waals surface area contributed by atoms with Crippen LogP contribution < -0.4 is 36.0 Å². The fourth-order valence-electron chi connectivity index (χ4n) is 7.56. The Kier molecular flexibility index (Phi) is 10.6. The fraction of sp³-hybridized carbons (Fsp3) is 0.375. The summed E-state index contributed by atoms with van der Waals surface area (Å²) in [5, 5.41) is 5.89. The molecule has 3 aliphatic rings. The molecule has 0 radical (unpaired) electrons. The number of hydrogen-bond donors (Lipinski definition) is 2. The molecule has 0 aliphatic carbocycles. The van der Waals surface area contributed by atoms with Gasteiger partial charge >= 0.3 is 13.3 Å². The van der Waals surface area contributed by atoms with Crippen molar-refractivity contribution in [2.75, 3.05) is 42.9 Å². The second-order valence-electron chi connectivity index (χ2n) is 14.7. The standard InChI is InChI=1S/C40H42BF3N6O6/c1-4-16-45-36(53)30-22-39(3,23-33(52)49-19-17-48(18-20-49)29-14-12-27(13-15-29)25(2)51)38-47-35(41-55-31-10-5-6-11-32(31)56-41)34(37(54)50(30)38)46-24-26-8-7-9-28(21-26)40(42,43)44/h5-15,21,30,46H,4,16-20,22-24H2,1-3H3,(H,45,53). The van der Waals surface area contributed by atoms with Gasteiger partial charge in [0.1, 0.15) is 34.6 Å². The minimum absolute atomic E-state index is 0.0149. The second-order valence-corrected chi connectivity index (χ2v) is 14.7. The highest BCUT2D eigenvalue weighted by Crippen LogP contribution is 2.43. The van der Waals surface area contributed by atoms with Crippen molar-refractivity contribution in [3.8, 4) is 11.5 Å². The number of rotatable bonds is 11. The summed E-state index contributed by atoms with van der Waals surface area (Å²) in [4.78, 5) is 63.2. The number of ketones is 1. The first-order valence-corrected chi connectivity index (χ1v) is 18.7. The van der Waals surface area contributed by atoms with E-state index in [2.05, 4.69) is 15.5 Å². The molecule has 12 nitrogen and oxygen atoms in total. The summed E-state index contributed by atoms with van der Waals surface area (Å²) in [5.41, 5.74) is -0.778. The zero-order valence-electron chi connectivity index (χ0n) is 31.3. The largest absolute Gasteiger partial charge is 0.655 e. The smallest absolute Gasteiger partial charge is 0.518 e. The lowest BCUT2D eigenvalue weighted by Gasteiger charge is -2.37. The summed E-state index contributed by atoms with van der Waals surface area (Å²) in [7, 11) is -1.21. The van der Waals surface area contributed by atoms with Crippen LogP contribution in [0, 0.1) is 0 Å². The summed E-state index contributed by atoms with van der Waals surface area (Å²) in [6.45, 7) is 7.44. The van der Waals surface area contributed by atoms with E-state index in [1.165, 1.54) is 23.6 Å². The number of amides is 2. The van der Waals surface area contributed by atoms with Crippen molar-refractivity contribution in [2.24, 2.45) is 0 Å². The van der Waals surface area contributed by atoms with Gasteiger partial charge in [-0.3, -0.25) is 23.7 Å². The van der Waals surface area contributed by atoms with Crippen molar-refractivity contribution in [2.45, 2.75) is 64.2 Å². The average molecular weight is 771 g/mol. The molecule has 2 N–H and O–H groups in total. The predicted octanol–water partition coefficient (Wildman–Crippen LogP) is 4.71. The lowest BCUT2D eigenvalue weighted by molar-refractivity contribution is -0.137. The van der Waals surface area contributed by atoms with Crippen molar-refractivity contribution < 1.29 is 36.9 Å². The number of benzene rings is 3. The van der Waals surface area contributed by atoms with E-state index < -0.39 is 41.8 Å². The van der Waals surface area contributed by atoms with Crippen LogP contribution in [0.2, 0.25) is 0 Å². The first-order valence-electron chi connectivity index (χ1n) is 18.7. The van der Waals surface area contributed by atoms with Gasteiger partial charge in [0.05, 0.1) is 5.56 Å². The Morgan fingerprint density at radius 2 is 1.64 bits per heavy atom. The zero-order chi connectivity index (χ0) is 39.8. The van der Waals surface area contributed by atoms with E-state index in [1.54, 1.807) is 41.3 Å². The quantitative estimate of drug-likeness (QED) is 0.164. The summed E-state index contributed by atoms with van der Waals surface area (Å²) in [5.74, 6) is 0.441. The third kappa shape index (κ3) is 7.69. The van der Waals surface area contributed by atoms with Crippen LogP contribution in [0.25, 0.3) is 0 Å². The molecule has 4 aromatic rings. The van der Waals surface area contributed by atoms with Crippen LogP contribution in [0.3, 0.4) is 0 Å². The molecule has 0 saturated carbocycles. The molecule has 0 spiro atoms. The molecule has 2 amide bonds. The Balaban J connectivity index is 1.21. The molecule has 16 heteroatoms. The first-order chi connectivity index (χ1) is 26.8. The number of fused-ring (bicyclic) bond motifs is 2. The van der Waals surface area contributed by atoms with Gasteiger partial charge in [0.2, 0.25) is 11.8 Å². The maximum atomic E-state index is 14.7. The summed E-state index contributed by atoms with van der Waals surface area (Å²) in [6.07, 6.45) is -3.86. The van der Waals surface area contributed by atoms with Gasteiger partial charge in [-0.05, 0) is 73.9 Å². The Hall–Kier alpha value is -5.80. The third-order valence-electron chi connectivity index (χ3n) is 10.6. The molecular weight excluding hydrogens is 728 g/mol. The monoisotopic (exact) mass is 770 g/mol. The molecule has 0 bridgehead atoms. The Morgan fingerprint density at radius 1 is 0.964 bits per heavy atom. The number of Topliss-reactive ketones (excluding diaryl/α,β-unsaturated/α-hetero) is 1. The number of piperazine rings is 1. The molecule has 2 unspecified atom stereocenters. The number of alkyl halides is 3. The van der Waals surface area contributed by atoms with Crippen LogP contribution in [0.15, 0.2) is 77.6 Å². The van der Waals surface area contributed by atoms with Gasteiger partial charge in [0, 0.05) is 62.4 Å². The minimum atomic E-state index is -4.56. The van der Waals surface area contributed by atoms with Gasteiger partial charge < -0.3 is 29.7 Å². The maximum Gasteiger partial charge on any atom is 0.655 e. The van der Waals surface area contributed by atoms with Crippen molar-refractivity contribution >= 4 is 41.7 Å². The Bertz CT molecular complexity index is 2180. The number of carbonyl (C=O) groups is 3. The van der Waals surface area contributed by atoms with E-state index in [1.807, 2.05) is 26.0 Å². The van der Waals surface area contributed by atoms with Gasteiger partial charge in [0.15, 0.2) is 5.78 Å². The Labute approximate surface area is 322 Å². The van der Waals surface area contributed by atoms with Crippen molar-refractivity contribution in [1.29, 1.82) is 0 Å². The fourth-order valence-corrected chi connectivity index (χ4v) is 7.56. The van der Waals surface area contributed by atoms with Gasteiger partial charge in [-0.25, -0.2) is 4.98 Å².